The van der Waals surface area contributed by atoms with E-state index in [0.717, 1.165) is 11.8 Å². The van der Waals surface area contributed by atoms with Crippen LogP contribution in [-0.2, 0) is 4.74 Å². The number of aryl methyl sites for hydroxylation is 1. The summed E-state index contributed by atoms with van der Waals surface area (Å²) in [6.07, 6.45) is 1.49. The minimum absolute atomic E-state index is 0.170. The SMILES string of the molecule is Cc1nc2c(C(N)=O)cc(N3CCOCC3)cc2n1-c1ccnc2cc(F)cc(F)c12. The van der Waals surface area contributed by atoms with Crippen molar-refractivity contribution in [3.05, 3.63) is 59.6 Å². The summed E-state index contributed by atoms with van der Waals surface area (Å²) in [6, 6.07) is 7.29. The summed E-state index contributed by atoms with van der Waals surface area (Å²) in [5.41, 5.74) is 8.42. The summed E-state index contributed by atoms with van der Waals surface area (Å²) in [4.78, 5) is 23.0. The van der Waals surface area contributed by atoms with Gasteiger partial charge in [0.05, 0.1) is 40.9 Å². The second-order valence-electron chi connectivity index (χ2n) is 7.43. The molecular weight excluding hydrogens is 404 g/mol. The molecule has 0 unspecified atom stereocenters. The van der Waals surface area contributed by atoms with E-state index in [2.05, 4.69) is 14.9 Å². The number of ether oxygens (including phenoxy) is 1. The maximum absolute atomic E-state index is 14.8. The quantitative estimate of drug-likeness (QED) is 0.547. The molecule has 4 aromatic rings. The third-order valence-corrected chi connectivity index (χ3v) is 5.53. The molecule has 1 aliphatic heterocycles. The molecular formula is C22H19F2N5O2. The highest BCUT2D eigenvalue weighted by atomic mass is 19.1. The monoisotopic (exact) mass is 423 g/mol. The van der Waals surface area contributed by atoms with Crippen molar-refractivity contribution in [2.24, 2.45) is 5.73 Å². The molecule has 7 nitrogen and oxygen atoms in total. The van der Waals surface area contributed by atoms with Gasteiger partial charge in [-0.25, -0.2) is 13.8 Å². The number of aromatic nitrogens is 3. The summed E-state index contributed by atoms with van der Waals surface area (Å²) in [6.45, 7) is 4.25. The van der Waals surface area contributed by atoms with Crippen molar-refractivity contribution in [1.29, 1.82) is 0 Å². The van der Waals surface area contributed by atoms with Crippen LogP contribution in [0.3, 0.4) is 0 Å². The maximum atomic E-state index is 14.8. The Morgan fingerprint density at radius 2 is 1.94 bits per heavy atom. The summed E-state index contributed by atoms with van der Waals surface area (Å²) in [5, 5.41) is 0.170. The molecule has 2 N–H and O–H groups in total. The highest BCUT2D eigenvalue weighted by molar-refractivity contribution is 6.06. The van der Waals surface area contributed by atoms with Crippen LogP contribution >= 0.6 is 0 Å². The Morgan fingerprint density at radius 3 is 2.68 bits per heavy atom. The second kappa shape index (κ2) is 7.28. The molecule has 31 heavy (non-hydrogen) atoms. The third-order valence-electron chi connectivity index (χ3n) is 5.53. The van der Waals surface area contributed by atoms with E-state index in [0.29, 0.717) is 48.8 Å². The minimum atomic E-state index is -0.723. The normalized spacial score (nSPS) is 14.5. The van der Waals surface area contributed by atoms with Gasteiger partial charge >= 0.3 is 0 Å². The van der Waals surface area contributed by atoms with Crippen LogP contribution in [0.2, 0.25) is 0 Å². The fourth-order valence-electron chi connectivity index (χ4n) is 4.15. The topological polar surface area (TPSA) is 86.3 Å². The number of halogens is 2. The third kappa shape index (κ3) is 3.17. The average Bonchev–Trinajstić information content (AvgIpc) is 3.08. The molecule has 9 heteroatoms. The van der Waals surface area contributed by atoms with Crippen molar-refractivity contribution in [2.75, 3.05) is 31.2 Å². The minimum Gasteiger partial charge on any atom is -0.378 e. The van der Waals surface area contributed by atoms with E-state index >= 15 is 0 Å². The molecule has 0 saturated carbocycles. The zero-order valence-corrected chi connectivity index (χ0v) is 16.7. The molecule has 0 radical (unpaired) electrons. The number of hydrogen-bond donors (Lipinski definition) is 1. The number of nitrogens with two attached hydrogens (primary N) is 1. The first-order valence-electron chi connectivity index (χ1n) is 9.84. The fraction of sp³-hybridized carbons (Fsp3) is 0.227. The van der Waals surface area contributed by atoms with Crippen molar-refractivity contribution < 1.29 is 18.3 Å². The Bertz CT molecular complexity index is 1350. The highest BCUT2D eigenvalue weighted by Crippen LogP contribution is 2.33. The summed E-state index contributed by atoms with van der Waals surface area (Å²) in [5.74, 6) is -1.49. The van der Waals surface area contributed by atoms with Gasteiger partial charge in [0.2, 0.25) is 0 Å². The first-order valence-corrected chi connectivity index (χ1v) is 9.84. The van der Waals surface area contributed by atoms with Crippen molar-refractivity contribution in [2.45, 2.75) is 6.92 Å². The molecule has 2 aromatic carbocycles. The number of amides is 1. The number of nitrogens with zero attached hydrogens (tertiary/aromatic N) is 4. The molecule has 1 amide bonds. The lowest BCUT2D eigenvalue weighted by molar-refractivity contribution is 0.100. The lowest BCUT2D eigenvalue weighted by Crippen LogP contribution is -2.36. The number of imidazole rings is 1. The van der Waals surface area contributed by atoms with Gasteiger partial charge in [0.15, 0.2) is 0 Å². The van der Waals surface area contributed by atoms with E-state index < -0.39 is 17.5 Å². The number of morpholine rings is 1. The number of carbonyl (C=O) groups excluding carboxylic acids is 1. The number of fused-ring (bicyclic) bond motifs is 2. The van der Waals surface area contributed by atoms with Gasteiger partial charge in [0, 0.05) is 37.1 Å². The van der Waals surface area contributed by atoms with Crippen molar-refractivity contribution in [1.82, 2.24) is 14.5 Å². The van der Waals surface area contributed by atoms with Gasteiger partial charge < -0.3 is 15.4 Å². The van der Waals surface area contributed by atoms with Gasteiger partial charge in [0.1, 0.15) is 23.0 Å². The number of primary amides is 1. The molecule has 5 rings (SSSR count). The molecule has 0 atom stereocenters. The molecule has 0 spiro atoms. The summed E-state index contributed by atoms with van der Waals surface area (Å²) >= 11 is 0. The number of carbonyl (C=O) groups is 1. The zero-order valence-electron chi connectivity index (χ0n) is 16.7. The zero-order chi connectivity index (χ0) is 21.7. The van der Waals surface area contributed by atoms with Gasteiger partial charge in [-0.15, -0.1) is 0 Å². The van der Waals surface area contributed by atoms with Crippen LogP contribution in [0.15, 0.2) is 36.5 Å². The lowest BCUT2D eigenvalue weighted by Gasteiger charge is -2.29. The van der Waals surface area contributed by atoms with Crippen LogP contribution in [-0.4, -0.2) is 46.7 Å². The van der Waals surface area contributed by atoms with Crippen LogP contribution in [0.5, 0.6) is 0 Å². The van der Waals surface area contributed by atoms with Gasteiger partial charge in [-0.2, -0.15) is 0 Å². The predicted octanol–water partition coefficient (Wildman–Crippen LogP) is 3.10. The van der Waals surface area contributed by atoms with Gasteiger partial charge in [-0.1, -0.05) is 0 Å². The Hall–Kier alpha value is -3.59. The maximum Gasteiger partial charge on any atom is 0.251 e. The van der Waals surface area contributed by atoms with Crippen molar-refractivity contribution >= 4 is 33.5 Å². The first kappa shape index (κ1) is 19.4. The van der Waals surface area contributed by atoms with Crippen LogP contribution in [0.25, 0.3) is 27.6 Å². The van der Waals surface area contributed by atoms with Crippen LogP contribution < -0.4 is 10.6 Å². The number of hydrogen-bond acceptors (Lipinski definition) is 5. The molecule has 3 heterocycles. The Morgan fingerprint density at radius 1 is 1.16 bits per heavy atom. The Kier molecular flexibility index (Phi) is 4.55. The molecule has 1 saturated heterocycles. The Balaban J connectivity index is 1.82. The van der Waals surface area contributed by atoms with Gasteiger partial charge in [-0.3, -0.25) is 14.3 Å². The van der Waals surface area contributed by atoms with Crippen molar-refractivity contribution in [3.63, 3.8) is 0 Å². The average molecular weight is 423 g/mol. The summed E-state index contributed by atoms with van der Waals surface area (Å²) < 4.78 is 35.7. The Labute approximate surface area is 176 Å². The van der Waals surface area contributed by atoms with E-state index in [4.69, 9.17) is 10.5 Å². The molecule has 0 aliphatic carbocycles. The molecule has 1 aliphatic rings. The number of anilines is 1. The van der Waals surface area contributed by atoms with E-state index in [-0.39, 0.29) is 16.5 Å². The van der Waals surface area contributed by atoms with Gasteiger partial charge in [-0.05, 0) is 25.1 Å². The van der Waals surface area contributed by atoms with Crippen LogP contribution in [0.1, 0.15) is 16.2 Å². The fourth-order valence-corrected chi connectivity index (χ4v) is 4.15. The van der Waals surface area contributed by atoms with E-state index in [1.165, 1.54) is 12.3 Å². The largest absolute Gasteiger partial charge is 0.378 e. The van der Waals surface area contributed by atoms with Gasteiger partial charge in [0.25, 0.3) is 5.91 Å². The number of benzene rings is 2. The standard InChI is InChI=1S/C22H19F2N5O2/c1-12-27-21-15(22(25)30)10-14(28-4-6-31-7-5-28)11-19(21)29(12)18-2-3-26-17-9-13(23)8-16(24)20(17)18/h2-3,8-11H,4-7H2,1H3,(H2,25,30). The first-order chi connectivity index (χ1) is 14.9. The van der Waals surface area contributed by atoms with E-state index in [9.17, 15) is 13.6 Å². The lowest BCUT2D eigenvalue weighted by atomic mass is 10.1. The van der Waals surface area contributed by atoms with Crippen LogP contribution in [0, 0.1) is 18.6 Å². The summed E-state index contributed by atoms with van der Waals surface area (Å²) in [7, 11) is 0. The van der Waals surface area contributed by atoms with E-state index in [1.54, 1.807) is 23.6 Å². The molecule has 1 fully saturated rings. The molecule has 158 valence electrons. The second-order valence-corrected chi connectivity index (χ2v) is 7.43. The highest BCUT2D eigenvalue weighted by Gasteiger charge is 2.22. The molecule has 2 aromatic heterocycles. The molecule has 0 bridgehead atoms. The van der Waals surface area contributed by atoms with E-state index in [1.807, 2.05) is 6.07 Å². The predicted molar refractivity (Wildman–Crippen MR) is 113 cm³/mol. The number of pyridine rings is 1. The van der Waals surface area contributed by atoms with Crippen molar-refractivity contribution in [3.8, 4) is 5.69 Å². The smallest absolute Gasteiger partial charge is 0.251 e. The number of rotatable bonds is 3. The van der Waals surface area contributed by atoms with Crippen LogP contribution in [0.4, 0.5) is 14.5 Å².